The summed E-state index contributed by atoms with van der Waals surface area (Å²) >= 11 is 1.34. The highest BCUT2D eigenvalue weighted by Crippen LogP contribution is 2.44. The van der Waals surface area contributed by atoms with Gasteiger partial charge in [0.15, 0.2) is 5.13 Å². The van der Waals surface area contributed by atoms with Crippen LogP contribution in [-0.2, 0) is 9.59 Å². The Balaban J connectivity index is 1.62. The molecule has 1 unspecified atom stereocenters. The molecule has 39 heavy (non-hydrogen) atoms. The number of hydrogen-bond donors (Lipinski definition) is 1. The van der Waals surface area contributed by atoms with Crippen molar-refractivity contribution in [1.82, 2.24) is 4.98 Å². The van der Waals surface area contributed by atoms with E-state index < -0.39 is 17.7 Å². The molecule has 1 saturated heterocycles. The normalized spacial score (nSPS) is 16.7. The van der Waals surface area contributed by atoms with Crippen LogP contribution >= 0.6 is 11.3 Å². The van der Waals surface area contributed by atoms with E-state index in [1.54, 1.807) is 24.3 Å². The van der Waals surface area contributed by atoms with E-state index in [0.29, 0.717) is 41.0 Å². The summed E-state index contributed by atoms with van der Waals surface area (Å²) in [5.74, 6) is -0.378. The topological polar surface area (TPSA) is 89.0 Å². The number of aromatic nitrogens is 1. The number of amides is 1. The summed E-state index contributed by atoms with van der Waals surface area (Å²) in [6, 6.07) is 19.1. The lowest BCUT2D eigenvalue weighted by molar-refractivity contribution is -0.132. The monoisotopic (exact) mass is 542 g/mol. The SMILES string of the molecule is CCCOc1ccc(/C(O)=C2\C(=O)C(=O)N(c3nc4ccc(C)cc4s3)C2c2ccc(OCCC)cc2)cc1. The van der Waals surface area contributed by atoms with Gasteiger partial charge in [0.25, 0.3) is 5.78 Å². The van der Waals surface area contributed by atoms with Gasteiger partial charge in [0.05, 0.1) is 35.0 Å². The Labute approximate surface area is 231 Å². The lowest BCUT2D eigenvalue weighted by Gasteiger charge is -2.23. The van der Waals surface area contributed by atoms with Crippen molar-refractivity contribution in [2.75, 3.05) is 18.1 Å². The standard InChI is InChI=1S/C31H30N2O5S/c1-4-16-37-22-11-7-20(8-12-22)27-26(28(34)21-9-13-23(14-10-21)38-17-5-2)29(35)30(36)33(27)31-32-24-15-6-19(3)18-25(24)39-31/h6-15,18,27,34H,4-5,16-17H2,1-3H3/b28-26+. The van der Waals surface area contributed by atoms with Crippen molar-refractivity contribution in [1.29, 1.82) is 0 Å². The lowest BCUT2D eigenvalue weighted by atomic mass is 9.95. The molecule has 3 aromatic carbocycles. The van der Waals surface area contributed by atoms with Crippen molar-refractivity contribution < 1.29 is 24.2 Å². The summed E-state index contributed by atoms with van der Waals surface area (Å²) in [7, 11) is 0. The van der Waals surface area contributed by atoms with E-state index in [1.807, 2.05) is 63.2 Å². The van der Waals surface area contributed by atoms with E-state index in [1.165, 1.54) is 16.2 Å². The Morgan fingerprint density at radius 1 is 0.923 bits per heavy atom. The molecule has 0 bridgehead atoms. The number of carbonyl (C=O) groups is 2. The molecule has 1 amide bonds. The number of aryl methyl sites for hydroxylation is 1. The highest BCUT2D eigenvalue weighted by molar-refractivity contribution is 7.22. The Morgan fingerprint density at radius 2 is 1.54 bits per heavy atom. The van der Waals surface area contributed by atoms with Crippen molar-refractivity contribution >= 4 is 44.1 Å². The van der Waals surface area contributed by atoms with E-state index in [2.05, 4.69) is 4.98 Å². The van der Waals surface area contributed by atoms with Crippen molar-refractivity contribution in [2.24, 2.45) is 0 Å². The first-order valence-electron chi connectivity index (χ1n) is 13.1. The largest absolute Gasteiger partial charge is 0.507 e. The molecular weight excluding hydrogens is 512 g/mol. The number of rotatable bonds is 9. The van der Waals surface area contributed by atoms with Gasteiger partial charge in [0.1, 0.15) is 17.3 Å². The van der Waals surface area contributed by atoms with E-state index in [0.717, 1.165) is 28.6 Å². The van der Waals surface area contributed by atoms with Crippen LogP contribution in [0.15, 0.2) is 72.3 Å². The maximum atomic E-state index is 13.5. The fourth-order valence-electron chi connectivity index (χ4n) is 4.52. The van der Waals surface area contributed by atoms with Crippen molar-refractivity contribution in [3.63, 3.8) is 0 Å². The number of fused-ring (bicyclic) bond motifs is 1. The maximum absolute atomic E-state index is 13.5. The summed E-state index contributed by atoms with van der Waals surface area (Å²) in [6.45, 7) is 7.21. The molecule has 1 aromatic heterocycles. The van der Waals surface area contributed by atoms with Gasteiger partial charge in [0.2, 0.25) is 0 Å². The minimum absolute atomic E-state index is 0.0138. The van der Waals surface area contributed by atoms with Gasteiger partial charge in [-0.15, -0.1) is 0 Å². The summed E-state index contributed by atoms with van der Waals surface area (Å²) in [4.78, 5) is 33.1. The number of hydrogen-bond acceptors (Lipinski definition) is 7. The van der Waals surface area contributed by atoms with Crippen LogP contribution in [0.5, 0.6) is 11.5 Å². The third-order valence-electron chi connectivity index (χ3n) is 6.45. The van der Waals surface area contributed by atoms with Crippen LogP contribution in [0.2, 0.25) is 0 Å². The molecule has 1 aliphatic heterocycles. The van der Waals surface area contributed by atoms with Crippen molar-refractivity contribution in [2.45, 2.75) is 39.7 Å². The molecule has 7 nitrogen and oxygen atoms in total. The van der Waals surface area contributed by atoms with Crippen molar-refractivity contribution in [3.8, 4) is 11.5 Å². The molecule has 1 fully saturated rings. The average molecular weight is 543 g/mol. The minimum Gasteiger partial charge on any atom is -0.507 e. The number of aliphatic hydroxyl groups is 1. The van der Waals surface area contributed by atoms with Crippen LogP contribution in [0.4, 0.5) is 5.13 Å². The first-order chi connectivity index (χ1) is 18.9. The summed E-state index contributed by atoms with van der Waals surface area (Å²) in [5, 5.41) is 11.8. The molecule has 1 atom stereocenters. The van der Waals surface area contributed by atoms with Crippen LogP contribution in [0.25, 0.3) is 16.0 Å². The van der Waals surface area contributed by atoms with Crippen LogP contribution in [0, 0.1) is 6.92 Å². The van der Waals surface area contributed by atoms with Crippen LogP contribution < -0.4 is 14.4 Å². The number of thiazole rings is 1. The molecule has 0 saturated carbocycles. The lowest BCUT2D eigenvalue weighted by Crippen LogP contribution is -2.29. The second kappa shape index (κ2) is 11.3. The zero-order chi connectivity index (χ0) is 27.5. The van der Waals surface area contributed by atoms with Gasteiger partial charge in [-0.05, 0) is 79.4 Å². The van der Waals surface area contributed by atoms with E-state index in [4.69, 9.17) is 9.47 Å². The van der Waals surface area contributed by atoms with Crippen LogP contribution in [-0.4, -0.2) is 35.0 Å². The average Bonchev–Trinajstić information content (AvgIpc) is 3.48. The molecule has 4 aromatic rings. The molecular formula is C31H30N2O5S. The fourth-order valence-corrected chi connectivity index (χ4v) is 5.61. The van der Waals surface area contributed by atoms with Gasteiger partial charge in [-0.25, -0.2) is 4.98 Å². The molecule has 2 heterocycles. The highest BCUT2D eigenvalue weighted by Gasteiger charge is 2.48. The molecule has 0 spiro atoms. The van der Waals surface area contributed by atoms with E-state index >= 15 is 0 Å². The van der Waals surface area contributed by atoms with Gasteiger partial charge in [-0.3, -0.25) is 14.5 Å². The summed E-state index contributed by atoms with van der Waals surface area (Å²) < 4.78 is 12.3. The van der Waals surface area contributed by atoms with Gasteiger partial charge in [-0.2, -0.15) is 0 Å². The maximum Gasteiger partial charge on any atom is 0.301 e. The third kappa shape index (κ3) is 5.25. The number of benzene rings is 3. The molecule has 0 radical (unpaired) electrons. The number of nitrogens with zero attached hydrogens (tertiary/aromatic N) is 2. The molecule has 5 rings (SSSR count). The zero-order valence-electron chi connectivity index (χ0n) is 22.1. The third-order valence-corrected chi connectivity index (χ3v) is 7.47. The van der Waals surface area contributed by atoms with Gasteiger partial charge in [-0.1, -0.05) is 43.4 Å². The molecule has 0 aliphatic carbocycles. The summed E-state index contributed by atoms with van der Waals surface area (Å²) in [6.07, 6.45) is 1.75. The summed E-state index contributed by atoms with van der Waals surface area (Å²) in [5.41, 5.74) is 2.92. The predicted octanol–water partition coefficient (Wildman–Crippen LogP) is 6.81. The first kappa shape index (κ1) is 26.4. The Morgan fingerprint density at radius 3 is 2.15 bits per heavy atom. The smallest absolute Gasteiger partial charge is 0.301 e. The first-order valence-corrected chi connectivity index (χ1v) is 13.9. The number of ketones is 1. The van der Waals surface area contributed by atoms with Gasteiger partial charge < -0.3 is 14.6 Å². The molecule has 200 valence electrons. The number of aliphatic hydroxyl groups excluding tert-OH is 1. The van der Waals surface area contributed by atoms with Crippen LogP contribution in [0.1, 0.15) is 49.4 Å². The molecule has 1 aliphatic rings. The number of anilines is 1. The fraction of sp³-hybridized carbons (Fsp3) is 0.258. The second-order valence-electron chi connectivity index (χ2n) is 9.43. The van der Waals surface area contributed by atoms with E-state index in [9.17, 15) is 14.7 Å². The quantitative estimate of drug-likeness (QED) is 0.142. The Hall–Kier alpha value is -4.17. The van der Waals surface area contributed by atoms with Gasteiger partial charge >= 0.3 is 5.91 Å². The minimum atomic E-state index is -0.858. The number of carbonyl (C=O) groups excluding carboxylic acids is 2. The highest BCUT2D eigenvalue weighted by atomic mass is 32.1. The van der Waals surface area contributed by atoms with E-state index in [-0.39, 0.29) is 11.3 Å². The van der Waals surface area contributed by atoms with Crippen LogP contribution in [0.3, 0.4) is 0 Å². The molecule has 8 heteroatoms. The second-order valence-corrected chi connectivity index (χ2v) is 10.4. The number of Topliss-reactive ketones (excluding diaryl/α,β-unsaturated/α-hetero) is 1. The van der Waals surface area contributed by atoms with Crippen molar-refractivity contribution in [3.05, 3.63) is 89.0 Å². The Bertz CT molecular complexity index is 1540. The predicted molar refractivity (Wildman–Crippen MR) is 154 cm³/mol. The van der Waals surface area contributed by atoms with Gasteiger partial charge in [0, 0.05) is 5.56 Å². The molecule has 1 N–H and O–H groups in total. The number of ether oxygens (including phenoxy) is 2. The zero-order valence-corrected chi connectivity index (χ0v) is 23.0. The Kier molecular flexibility index (Phi) is 7.65.